The molecular weight excluding hydrogens is 260 g/mol. The molecule has 0 aliphatic heterocycles. The second-order valence-electron chi connectivity index (χ2n) is 7.22. The molecule has 4 atom stereocenters. The van der Waals surface area contributed by atoms with Crippen LogP contribution in [0.25, 0.3) is 0 Å². The van der Waals surface area contributed by atoms with E-state index in [1.807, 2.05) is 0 Å². The maximum absolute atomic E-state index is 12.7. The van der Waals surface area contributed by atoms with E-state index in [-0.39, 0.29) is 17.4 Å². The van der Waals surface area contributed by atoms with Gasteiger partial charge < -0.3 is 11.1 Å². The molecule has 3 N–H and O–H groups in total. The number of carbonyl (C=O) groups is 1. The molecule has 0 aromatic heterocycles. The number of hydrogen-bond acceptors (Lipinski definition) is 2. The maximum atomic E-state index is 12.7. The minimum atomic E-state index is -0.303. The Kier molecular flexibility index (Phi) is 3.56. The third-order valence-corrected chi connectivity index (χ3v) is 5.74. The van der Waals surface area contributed by atoms with Gasteiger partial charge in [0.1, 0.15) is 0 Å². The zero-order valence-electron chi connectivity index (χ0n) is 13.2. The summed E-state index contributed by atoms with van der Waals surface area (Å²) in [5.74, 6) is 1.65. The topological polar surface area (TPSA) is 55.1 Å². The summed E-state index contributed by atoms with van der Waals surface area (Å²) in [6.07, 6.45) is 2.25. The van der Waals surface area contributed by atoms with E-state index in [4.69, 9.17) is 5.73 Å². The average molecular weight is 286 g/mol. The van der Waals surface area contributed by atoms with Gasteiger partial charge in [0.2, 0.25) is 5.91 Å². The quantitative estimate of drug-likeness (QED) is 0.893. The molecule has 114 valence electrons. The van der Waals surface area contributed by atoms with Crippen LogP contribution in [-0.4, -0.2) is 18.0 Å². The van der Waals surface area contributed by atoms with Gasteiger partial charge in [-0.15, -0.1) is 0 Å². The fourth-order valence-electron chi connectivity index (χ4n) is 3.72. The van der Waals surface area contributed by atoms with E-state index in [2.05, 4.69) is 50.4 Å². The zero-order chi connectivity index (χ0) is 15.2. The first-order valence-corrected chi connectivity index (χ1v) is 8.08. The van der Waals surface area contributed by atoms with Crippen molar-refractivity contribution in [1.82, 2.24) is 5.32 Å². The Morgan fingerprint density at radius 2 is 2.14 bits per heavy atom. The van der Waals surface area contributed by atoms with Crippen molar-refractivity contribution in [3.63, 3.8) is 0 Å². The van der Waals surface area contributed by atoms with Crippen molar-refractivity contribution in [3.8, 4) is 0 Å². The van der Waals surface area contributed by atoms with Crippen LogP contribution in [0.15, 0.2) is 24.3 Å². The Bertz CT molecular complexity index is 554. The smallest absolute Gasteiger partial charge is 0.224 e. The number of benzene rings is 1. The van der Waals surface area contributed by atoms with Gasteiger partial charge in [-0.25, -0.2) is 0 Å². The van der Waals surface area contributed by atoms with E-state index < -0.39 is 0 Å². The molecule has 0 bridgehead atoms. The molecule has 1 aromatic rings. The molecule has 3 nitrogen and oxygen atoms in total. The first kappa shape index (κ1) is 14.6. The van der Waals surface area contributed by atoms with Crippen LogP contribution in [0.2, 0.25) is 0 Å². The minimum absolute atomic E-state index is 0.151. The van der Waals surface area contributed by atoms with Crippen molar-refractivity contribution in [3.05, 3.63) is 35.4 Å². The van der Waals surface area contributed by atoms with E-state index >= 15 is 0 Å². The van der Waals surface area contributed by atoms with Gasteiger partial charge in [0, 0.05) is 12.5 Å². The molecule has 1 saturated carbocycles. The summed E-state index contributed by atoms with van der Waals surface area (Å²) >= 11 is 0. The molecule has 0 heterocycles. The first-order chi connectivity index (χ1) is 9.98. The molecular formula is C18H26N2O. The lowest BCUT2D eigenvalue weighted by Crippen LogP contribution is -2.55. The Balaban J connectivity index is 1.75. The highest BCUT2D eigenvalue weighted by atomic mass is 16.2. The van der Waals surface area contributed by atoms with Crippen molar-refractivity contribution in [2.24, 2.45) is 23.5 Å². The second-order valence-corrected chi connectivity index (χ2v) is 7.22. The molecule has 0 radical (unpaired) electrons. The Morgan fingerprint density at radius 1 is 1.43 bits per heavy atom. The van der Waals surface area contributed by atoms with Crippen LogP contribution in [-0.2, 0) is 11.2 Å². The summed E-state index contributed by atoms with van der Waals surface area (Å²) in [5.41, 5.74) is 8.41. The summed E-state index contributed by atoms with van der Waals surface area (Å²) in [4.78, 5) is 12.7. The van der Waals surface area contributed by atoms with Crippen LogP contribution in [0, 0.1) is 17.8 Å². The van der Waals surface area contributed by atoms with Gasteiger partial charge in [0.25, 0.3) is 0 Å². The summed E-state index contributed by atoms with van der Waals surface area (Å²) < 4.78 is 0. The lowest BCUT2D eigenvalue weighted by atomic mass is 9.88. The van der Waals surface area contributed by atoms with Crippen LogP contribution >= 0.6 is 0 Å². The van der Waals surface area contributed by atoms with E-state index in [1.165, 1.54) is 11.1 Å². The predicted octanol–water partition coefficient (Wildman–Crippen LogP) is 2.45. The van der Waals surface area contributed by atoms with Crippen molar-refractivity contribution in [2.45, 2.75) is 45.1 Å². The van der Waals surface area contributed by atoms with E-state index in [0.29, 0.717) is 24.3 Å². The largest absolute Gasteiger partial charge is 0.349 e. The van der Waals surface area contributed by atoms with Crippen LogP contribution in [0.3, 0.4) is 0 Å². The molecule has 1 fully saturated rings. The number of rotatable bonds is 4. The van der Waals surface area contributed by atoms with Crippen molar-refractivity contribution in [2.75, 3.05) is 6.54 Å². The number of nitrogens with two attached hydrogens (primary N) is 1. The van der Waals surface area contributed by atoms with Gasteiger partial charge in [0.05, 0.1) is 5.54 Å². The molecule has 3 heteroatoms. The Labute approximate surface area is 127 Å². The summed E-state index contributed by atoms with van der Waals surface area (Å²) in [7, 11) is 0. The Morgan fingerprint density at radius 3 is 2.81 bits per heavy atom. The lowest BCUT2D eigenvalue weighted by Gasteiger charge is -2.33. The number of carbonyl (C=O) groups excluding carboxylic acids is 1. The van der Waals surface area contributed by atoms with E-state index in [1.54, 1.807) is 0 Å². The third kappa shape index (κ3) is 2.38. The monoisotopic (exact) mass is 286 g/mol. The molecule has 2 aliphatic carbocycles. The van der Waals surface area contributed by atoms with Gasteiger partial charge >= 0.3 is 0 Å². The van der Waals surface area contributed by atoms with Crippen molar-refractivity contribution >= 4 is 5.91 Å². The molecule has 3 rings (SSSR count). The van der Waals surface area contributed by atoms with Crippen LogP contribution in [0.5, 0.6) is 0 Å². The minimum Gasteiger partial charge on any atom is -0.349 e. The summed E-state index contributed by atoms with van der Waals surface area (Å²) in [5, 5.41) is 3.23. The predicted molar refractivity (Wildman–Crippen MR) is 84.9 cm³/mol. The molecule has 0 saturated heterocycles. The van der Waals surface area contributed by atoms with E-state index in [0.717, 1.165) is 12.8 Å². The van der Waals surface area contributed by atoms with Gasteiger partial charge in [-0.2, -0.15) is 0 Å². The molecule has 21 heavy (non-hydrogen) atoms. The molecule has 0 spiro atoms. The standard InChI is InChI=1S/C18H26N2O/c1-11(2)18(3,10-19)20-17(21)16-14-9-8-12-6-4-5-7-13(12)15(14)16/h4-7,11,14-16H,8-10,19H2,1-3H3,(H,20,21). The molecule has 2 aliphatic rings. The number of fused-ring (bicyclic) bond motifs is 3. The highest BCUT2D eigenvalue weighted by molar-refractivity contribution is 5.84. The SMILES string of the molecule is CC(C)C(C)(CN)NC(=O)C1C2CCc3ccccc3C21. The lowest BCUT2D eigenvalue weighted by molar-refractivity contribution is -0.125. The molecule has 1 amide bonds. The van der Waals surface area contributed by atoms with Gasteiger partial charge in [-0.05, 0) is 48.6 Å². The summed E-state index contributed by atoms with van der Waals surface area (Å²) in [6, 6.07) is 8.59. The molecule has 1 aromatic carbocycles. The normalized spacial score (nSPS) is 29.3. The fourth-order valence-corrected chi connectivity index (χ4v) is 3.72. The van der Waals surface area contributed by atoms with Gasteiger partial charge in [0.15, 0.2) is 0 Å². The van der Waals surface area contributed by atoms with Gasteiger partial charge in [-0.1, -0.05) is 38.1 Å². The van der Waals surface area contributed by atoms with Gasteiger partial charge in [-0.3, -0.25) is 4.79 Å². The second kappa shape index (κ2) is 5.13. The van der Waals surface area contributed by atoms with E-state index in [9.17, 15) is 4.79 Å². The first-order valence-electron chi connectivity index (χ1n) is 8.08. The Hall–Kier alpha value is -1.35. The van der Waals surface area contributed by atoms with Crippen molar-refractivity contribution in [1.29, 1.82) is 0 Å². The zero-order valence-corrected chi connectivity index (χ0v) is 13.2. The number of nitrogens with one attached hydrogen (secondary N) is 1. The highest BCUT2D eigenvalue weighted by Crippen LogP contribution is 2.59. The van der Waals surface area contributed by atoms with Crippen LogP contribution in [0.1, 0.15) is 44.2 Å². The number of amides is 1. The number of hydrogen-bond donors (Lipinski definition) is 2. The van der Waals surface area contributed by atoms with Crippen molar-refractivity contribution < 1.29 is 4.79 Å². The third-order valence-electron chi connectivity index (χ3n) is 5.74. The number of aryl methyl sites for hydroxylation is 1. The fraction of sp³-hybridized carbons (Fsp3) is 0.611. The highest BCUT2D eigenvalue weighted by Gasteiger charge is 2.57. The summed E-state index contributed by atoms with van der Waals surface area (Å²) in [6.45, 7) is 6.76. The average Bonchev–Trinajstić information content (AvgIpc) is 3.22. The van der Waals surface area contributed by atoms with Crippen LogP contribution < -0.4 is 11.1 Å². The maximum Gasteiger partial charge on any atom is 0.224 e. The molecule has 4 unspecified atom stereocenters. The van der Waals surface area contributed by atoms with Crippen LogP contribution in [0.4, 0.5) is 0 Å².